The van der Waals surface area contributed by atoms with E-state index in [1.54, 1.807) is 0 Å². The van der Waals surface area contributed by atoms with Crippen molar-refractivity contribution in [2.24, 2.45) is 0 Å². The highest BCUT2D eigenvalue weighted by molar-refractivity contribution is 6.40. The molecule has 8 nitrogen and oxygen atoms in total. The van der Waals surface area contributed by atoms with Crippen molar-refractivity contribution >= 4 is 42.2 Å². The van der Waals surface area contributed by atoms with Crippen LogP contribution >= 0.6 is 11.6 Å². The monoisotopic (exact) mass is 515 g/mol. The maximum absolute atomic E-state index is 11.7. The van der Waals surface area contributed by atoms with E-state index in [-0.39, 0.29) is 11.8 Å². The van der Waals surface area contributed by atoms with Crippen molar-refractivity contribution in [2.45, 2.75) is 25.8 Å². The van der Waals surface area contributed by atoms with Gasteiger partial charge >= 0.3 is 7.55 Å². The highest BCUT2D eigenvalue weighted by Gasteiger charge is 2.40. The van der Waals surface area contributed by atoms with Gasteiger partial charge in [0.25, 0.3) is 5.84 Å². The maximum atomic E-state index is 11.7. The lowest BCUT2D eigenvalue weighted by Crippen LogP contribution is -2.43. The molecular formula is C27H31BClN7O+. The van der Waals surface area contributed by atoms with Gasteiger partial charge in [0.2, 0.25) is 5.91 Å². The third-order valence-corrected chi connectivity index (χ3v) is 7.32. The van der Waals surface area contributed by atoms with Gasteiger partial charge < -0.3 is 14.7 Å². The Morgan fingerprint density at radius 1 is 1.11 bits per heavy atom. The maximum Gasteiger partial charge on any atom is 0.553 e. The lowest BCUT2D eigenvalue weighted by Gasteiger charge is -2.28. The first-order valence-corrected chi connectivity index (χ1v) is 13.3. The molecule has 0 saturated carbocycles. The van der Waals surface area contributed by atoms with Gasteiger partial charge in [0.1, 0.15) is 17.4 Å². The number of piperidine rings is 1. The Hall–Kier alpha value is -3.43. The number of aromatic amines is 1. The summed E-state index contributed by atoms with van der Waals surface area (Å²) in [6.07, 6.45) is 10.4. The molecule has 1 fully saturated rings. The van der Waals surface area contributed by atoms with Gasteiger partial charge in [0.05, 0.1) is 25.0 Å². The van der Waals surface area contributed by atoms with Crippen LogP contribution in [-0.2, 0) is 11.3 Å². The number of allylic oxidation sites excluding steroid dienone is 1. The second-order valence-electron chi connectivity index (χ2n) is 10.1. The number of anilines is 1. The average molecular weight is 516 g/mol. The predicted octanol–water partition coefficient (Wildman–Crippen LogP) is 3.47. The number of amides is 1. The smallest absolute Gasteiger partial charge is 0.329 e. The van der Waals surface area contributed by atoms with Gasteiger partial charge in [-0.1, -0.05) is 12.1 Å². The zero-order valence-electron chi connectivity index (χ0n) is 21.2. The third kappa shape index (κ3) is 4.47. The Morgan fingerprint density at radius 3 is 2.57 bits per heavy atom. The number of alkyl halides is 1. The summed E-state index contributed by atoms with van der Waals surface area (Å²) in [7, 11) is 6.35. The van der Waals surface area contributed by atoms with Crippen molar-refractivity contribution in [3.05, 3.63) is 77.4 Å². The Bertz CT molecular complexity index is 1400. The lowest BCUT2D eigenvalue weighted by molar-refractivity contribution is -0.539. The van der Waals surface area contributed by atoms with Crippen molar-refractivity contribution in [3.8, 4) is 5.82 Å². The summed E-state index contributed by atoms with van der Waals surface area (Å²) in [6.45, 7) is 3.03. The molecule has 1 amide bonds. The van der Waals surface area contributed by atoms with E-state index in [9.17, 15) is 4.79 Å². The van der Waals surface area contributed by atoms with Crippen molar-refractivity contribution in [2.75, 3.05) is 38.4 Å². The van der Waals surface area contributed by atoms with Gasteiger partial charge in [-0.25, -0.2) is 4.68 Å². The number of nitrogens with one attached hydrogen (secondary N) is 2. The lowest BCUT2D eigenvalue weighted by atomic mass is 9.91. The van der Waals surface area contributed by atoms with Crippen LogP contribution in [0.4, 0.5) is 5.69 Å². The Kier molecular flexibility index (Phi) is 6.34. The van der Waals surface area contributed by atoms with Crippen LogP contribution in [0.1, 0.15) is 36.2 Å². The zero-order valence-corrected chi connectivity index (χ0v) is 22.0. The average Bonchev–Trinajstić information content (AvgIpc) is 3.50. The Morgan fingerprint density at radius 2 is 1.86 bits per heavy atom. The molecule has 0 spiro atoms. The van der Waals surface area contributed by atoms with E-state index in [4.69, 9.17) is 11.6 Å². The number of fused-ring (bicyclic) bond motifs is 2. The summed E-state index contributed by atoms with van der Waals surface area (Å²) >= 11 is 5.67. The third-order valence-electron chi connectivity index (χ3n) is 7.08. The fourth-order valence-corrected chi connectivity index (χ4v) is 5.47. The Labute approximate surface area is 222 Å². The molecule has 3 aliphatic rings. The summed E-state index contributed by atoms with van der Waals surface area (Å²) in [5, 5.41) is 6.31. The molecule has 1 radical (unpaired) electrons. The van der Waals surface area contributed by atoms with Crippen molar-refractivity contribution < 1.29 is 9.37 Å². The number of nitrogens with zero attached hydrogens (tertiary/aromatic N) is 5. The molecule has 10 heteroatoms. The Balaban J connectivity index is 1.42. The van der Waals surface area contributed by atoms with Crippen LogP contribution < -0.4 is 5.32 Å². The van der Waals surface area contributed by atoms with E-state index >= 15 is 0 Å². The zero-order chi connectivity index (χ0) is 25.5. The summed E-state index contributed by atoms with van der Waals surface area (Å²) in [4.78, 5) is 16.2. The minimum Gasteiger partial charge on any atom is -0.329 e. The molecule has 0 bridgehead atoms. The van der Waals surface area contributed by atoms with E-state index in [1.807, 2.05) is 12.1 Å². The number of rotatable bonds is 6. The van der Waals surface area contributed by atoms with Gasteiger partial charge in [-0.05, 0) is 69.3 Å². The molecule has 1 saturated heterocycles. The molecule has 0 unspecified atom stereocenters. The number of hydrogen-bond donors (Lipinski definition) is 2. The van der Waals surface area contributed by atoms with Crippen LogP contribution in [0.15, 0.2) is 60.4 Å². The first kappa shape index (κ1) is 23.9. The molecule has 6 rings (SSSR count). The normalized spacial score (nSPS) is 16.9. The fourth-order valence-electron chi connectivity index (χ4n) is 5.41. The molecule has 5 heterocycles. The number of benzene rings is 1. The molecular weight excluding hydrogens is 485 g/mol. The van der Waals surface area contributed by atoms with Crippen LogP contribution in [0.2, 0.25) is 0 Å². The highest BCUT2D eigenvalue weighted by Crippen LogP contribution is 2.37. The summed E-state index contributed by atoms with van der Waals surface area (Å²) in [5.41, 5.74) is 6.46. The highest BCUT2D eigenvalue weighted by atomic mass is 35.5. The number of carbonyl (C=O) groups is 1. The first-order valence-electron chi connectivity index (χ1n) is 12.8. The van der Waals surface area contributed by atoms with E-state index < -0.39 is 0 Å². The first-order chi connectivity index (χ1) is 18.0. The van der Waals surface area contributed by atoms with E-state index in [1.165, 1.54) is 30.8 Å². The minimum absolute atomic E-state index is 0.0622. The quantitative estimate of drug-likeness (QED) is 0.300. The van der Waals surface area contributed by atoms with Gasteiger partial charge in [-0.2, -0.15) is 0 Å². The van der Waals surface area contributed by atoms with Crippen LogP contribution in [-0.4, -0.2) is 80.9 Å². The molecule has 37 heavy (non-hydrogen) atoms. The number of halogens is 1. The minimum atomic E-state index is -0.211. The van der Waals surface area contributed by atoms with Gasteiger partial charge in [-0.15, -0.1) is 11.6 Å². The van der Waals surface area contributed by atoms with Crippen molar-refractivity contribution in [1.82, 2.24) is 24.0 Å². The summed E-state index contributed by atoms with van der Waals surface area (Å²) in [6, 6.07) is 12.3. The van der Waals surface area contributed by atoms with E-state index in [0.717, 1.165) is 53.7 Å². The number of carbonyl (C=O) groups excluding carboxylic acids is 1. The number of hydrogen-bond acceptors (Lipinski definition) is 2. The number of amidine groups is 1. The molecule has 0 atom stereocenters. The SMILES string of the molecule is CN(C)Cc1cn(-c2ccc3n2[B]N2C(=C3c3ccc(NC(=O)CCl)cc3)C=CC2=[N+]2CCCCC2)[nH]1. The van der Waals surface area contributed by atoms with Crippen LogP contribution in [0.5, 0.6) is 0 Å². The molecule has 189 valence electrons. The standard InChI is InChI=1S/C27H30BClN7O/c1-32(2)17-21-18-34(31-21)26-13-11-23-27(19-6-8-20(9-7-19)30-24(37)16-29)22-10-12-25(35(22)28-36(23)26)33-14-4-3-5-15-33/h6-13,18,31H,3-5,14-17H2,1-2H3/p+1. The van der Waals surface area contributed by atoms with Crippen LogP contribution in [0.25, 0.3) is 11.4 Å². The van der Waals surface area contributed by atoms with Gasteiger partial charge in [0.15, 0.2) is 0 Å². The second kappa shape index (κ2) is 9.80. The topological polar surface area (TPSA) is 64.2 Å². The van der Waals surface area contributed by atoms with Crippen LogP contribution in [0, 0.1) is 0 Å². The van der Waals surface area contributed by atoms with Crippen LogP contribution in [0.3, 0.4) is 0 Å². The molecule has 2 aromatic heterocycles. The molecule has 3 aromatic rings. The van der Waals surface area contributed by atoms with Gasteiger partial charge in [-0.3, -0.25) is 19.3 Å². The summed E-state index contributed by atoms with van der Waals surface area (Å²) < 4.78 is 6.84. The predicted molar refractivity (Wildman–Crippen MR) is 148 cm³/mol. The summed E-state index contributed by atoms with van der Waals surface area (Å²) in [5.74, 6) is 2.01. The molecule has 1 aromatic carbocycles. The van der Waals surface area contributed by atoms with Crippen molar-refractivity contribution in [1.29, 1.82) is 0 Å². The van der Waals surface area contributed by atoms with E-state index in [2.05, 4.69) is 98.1 Å². The molecule has 3 aliphatic heterocycles. The second-order valence-corrected chi connectivity index (χ2v) is 10.3. The molecule has 0 aliphatic carbocycles. The number of H-pyrrole nitrogens is 1. The largest absolute Gasteiger partial charge is 0.553 e. The molecule has 2 N–H and O–H groups in total. The van der Waals surface area contributed by atoms with E-state index in [0.29, 0.717) is 0 Å². The fraction of sp³-hybridized carbons (Fsp3) is 0.333. The van der Waals surface area contributed by atoms with Crippen molar-refractivity contribution in [3.63, 3.8) is 0 Å². The van der Waals surface area contributed by atoms with Gasteiger partial charge in [0, 0.05) is 29.6 Å². The number of aromatic nitrogens is 3.